The Labute approximate surface area is 181 Å². The minimum atomic E-state index is -0.870. The van der Waals surface area contributed by atoms with Crippen LogP contribution in [0.1, 0.15) is 46.5 Å². The quantitative estimate of drug-likeness (QED) is 0.541. The highest BCUT2D eigenvalue weighted by atomic mass is 16.5. The number of ketones is 1. The lowest BCUT2D eigenvalue weighted by Crippen LogP contribution is -2.45. The van der Waals surface area contributed by atoms with E-state index in [1.165, 1.54) is 0 Å². The lowest BCUT2D eigenvalue weighted by atomic mass is 10.0. The van der Waals surface area contributed by atoms with E-state index in [9.17, 15) is 14.4 Å². The van der Waals surface area contributed by atoms with Gasteiger partial charge in [0.15, 0.2) is 23.9 Å². The summed E-state index contributed by atoms with van der Waals surface area (Å²) in [6.45, 7) is 6.16. The van der Waals surface area contributed by atoms with E-state index in [1.807, 2.05) is 19.1 Å². The van der Waals surface area contributed by atoms with Crippen LogP contribution in [0.25, 0.3) is 0 Å². The maximum absolute atomic E-state index is 12.6. The number of hydrogen-bond acceptors (Lipinski definition) is 6. The van der Waals surface area contributed by atoms with Crippen LogP contribution in [0.2, 0.25) is 0 Å². The van der Waals surface area contributed by atoms with Crippen molar-refractivity contribution in [1.82, 2.24) is 5.32 Å². The first-order valence-corrected chi connectivity index (χ1v) is 10.3. The Hall–Kier alpha value is -3.35. The Morgan fingerprint density at radius 3 is 2.29 bits per heavy atom. The molecule has 0 unspecified atom stereocenters. The summed E-state index contributed by atoms with van der Waals surface area (Å²) in [5, 5.41) is 2.70. The Kier molecular flexibility index (Phi) is 7.28. The second-order valence-corrected chi connectivity index (χ2v) is 7.80. The summed E-state index contributed by atoms with van der Waals surface area (Å²) in [7, 11) is 0. The van der Waals surface area contributed by atoms with Gasteiger partial charge in [0.2, 0.25) is 0 Å². The summed E-state index contributed by atoms with van der Waals surface area (Å²) in [5.41, 5.74) is 1.85. The fraction of sp³-hybridized carbons (Fsp3) is 0.375. The predicted octanol–water partition coefficient (Wildman–Crippen LogP) is 3.34. The first kappa shape index (κ1) is 22.3. The number of amides is 1. The first-order valence-electron chi connectivity index (χ1n) is 10.3. The smallest absolute Gasteiger partial charge is 0.329 e. The minimum absolute atomic E-state index is 0.213. The van der Waals surface area contributed by atoms with E-state index in [0.29, 0.717) is 35.8 Å². The zero-order valence-electron chi connectivity index (χ0n) is 18.0. The minimum Gasteiger partial charge on any atom is -0.490 e. The third-order valence-electron chi connectivity index (χ3n) is 4.94. The molecular formula is C24H27NO6. The standard InChI is InChI=1S/C24H27NO6/c1-15(2)22(25-23(27)17-7-5-16(3)6-8-17)24(28)31-14-19(26)18-9-10-20-21(13-18)30-12-4-11-29-20/h5-10,13,15,22H,4,11-12,14H2,1-3H3,(H,25,27)/t22-/m0/s1. The molecule has 0 aromatic heterocycles. The van der Waals surface area contributed by atoms with Crippen LogP contribution in [0.3, 0.4) is 0 Å². The molecule has 1 heterocycles. The maximum Gasteiger partial charge on any atom is 0.329 e. The van der Waals surface area contributed by atoms with E-state index in [2.05, 4.69) is 5.32 Å². The van der Waals surface area contributed by atoms with Crippen molar-refractivity contribution in [1.29, 1.82) is 0 Å². The molecule has 0 bridgehead atoms. The van der Waals surface area contributed by atoms with Crippen molar-refractivity contribution in [3.05, 3.63) is 59.2 Å². The summed E-state index contributed by atoms with van der Waals surface area (Å²) in [4.78, 5) is 37.6. The average molecular weight is 425 g/mol. The van der Waals surface area contributed by atoms with Crippen LogP contribution in [0, 0.1) is 12.8 Å². The highest BCUT2D eigenvalue weighted by molar-refractivity contribution is 5.99. The number of nitrogens with one attached hydrogen (secondary N) is 1. The number of carbonyl (C=O) groups excluding carboxylic acids is 3. The van der Waals surface area contributed by atoms with E-state index >= 15 is 0 Å². The zero-order chi connectivity index (χ0) is 22.4. The van der Waals surface area contributed by atoms with Crippen LogP contribution in [0.15, 0.2) is 42.5 Å². The molecular weight excluding hydrogens is 398 g/mol. The van der Waals surface area contributed by atoms with Crippen LogP contribution < -0.4 is 14.8 Å². The van der Waals surface area contributed by atoms with E-state index in [-0.39, 0.29) is 17.6 Å². The van der Waals surface area contributed by atoms with Gasteiger partial charge in [0.1, 0.15) is 6.04 Å². The summed E-state index contributed by atoms with van der Waals surface area (Å²) < 4.78 is 16.4. The third-order valence-corrected chi connectivity index (χ3v) is 4.94. The number of hydrogen-bond donors (Lipinski definition) is 1. The third kappa shape index (κ3) is 5.84. The van der Waals surface area contributed by atoms with E-state index in [4.69, 9.17) is 14.2 Å². The molecule has 0 spiro atoms. The second-order valence-electron chi connectivity index (χ2n) is 7.80. The van der Waals surface area contributed by atoms with E-state index in [0.717, 1.165) is 12.0 Å². The first-order chi connectivity index (χ1) is 14.8. The molecule has 1 aliphatic rings. The Morgan fingerprint density at radius 2 is 1.61 bits per heavy atom. The number of rotatable bonds is 7. The Bertz CT molecular complexity index is 951. The summed E-state index contributed by atoms with van der Waals surface area (Å²) in [6, 6.07) is 11.1. The van der Waals surface area contributed by atoms with E-state index < -0.39 is 18.6 Å². The molecule has 0 fully saturated rings. The van der Waals surface area contributed by atoms with Gasteiger partial charge in [0, 0.05) is 17.5 Å². The van der Waals surface area contributed by atoms with Gasteiger partial charge in [-0.05, 0) is 43.2 Å². The Balaban J connectivity index is 1.60. The molecule has 0 radical (unpaired) electrons. The highest BCUT2D eigenvalue weighted by Gasteiger charge is 2.27. The molecule has 3 rings (SSSR count). The second kappa shape index (κ2) is 10.1. The predicted molar refractivity (Wildman–Crippen MR) is 115 cm³/mol. The molecule has 7 nitrogen and oxygen atoms in total. The lowest BCUT2D eigenvalue weighted by molar-refractivity contribution is -0.145. The molecule has 164 valence electrons. The molecule has 1 amide bonds. The number of ether oxygens (including phenoxy) is 3. The molecule has 1 N–H and O–H groups in total. The number of fused-ring (bicyclic) bond motifs is 1. The number of aryl methyl sites for hydroxylation is 1. The SMILES string of the molecule is Cc1ccc(C(=O)N[C@H](C(=O)OCC(=O)c2ccc3c(c2)OCCCO3)C(C)C)cc1. The van der Waals surface area contributed by atoms with Crippen LogP contribution >= 0.6 is 0 Å². The van der Waals surface area contributed by atoms with Crippen molar-refractivity contribution < 1.29 is 28.6 Å². The van der Waals surface area contributed by atoms with Gasteiger partial charge in [-0.2, -0.15) is 0 Å². The van der Waals surface area contributed by atoms with Crippen LogP contribution in [-0.2, 0) is 9.53 Å². The number of carbonyl (C=O) groups is 3. The van der Waals surface area contributed by atoms with Gasteiger partial charge in [-0.1, -0.05) is 31.5 Å². The van der Waals surface area contributed by atoms with Crippen LogP contribution in [0.4, 0.5) is 0 Å². The topological polar surface area (TPSA) is 90.9 Å². The molecule has 2 aromatic carbocycles. The van der Waals surface area contributed by atoms with Gasteiger partial charge in [-0.15, -0.1) is 0 Å². The molecule has 0 aliphatic carbocycles. The number of Topliss-reactive ketones (excluding diaryl/α,β-unsaturated/α-hetero) is 1. The fourth-order valence-corrected chi connectivity index (χ4v) is 3.07. The van der Waals surface area contributed by atoms with Gasteiger partial charge in [-0.3, -0.25) is 9.59 Å². The van der Waals surface area contributed by atoms with Gasteiger partial charge in [-0.25, -0.2) is 4.79 Å². The van der Waals surface area contributed by atoms with E-state index in [1.54, 1.807) is 44.2 Å². The van der Waals surface area contributed by atoms with Crippen molar-refractivity contribution in [2.75, 3.05) is 19.8 Å². The normalized spacial score (nSPS) is 13.8. The van der Waals surface area contributed by atoms with Gasteiger partial charge in [0.25, 0.3) is 5.91 Å². The Morgan fingerprint density at radius 1 is 0.968 bits per heavy atom. The summed E-state index contributed by atoms with van der Waals surface area (Å²) >= 11 is 0. The van der Waals surface area contributed by atoms with Crippen molar-refractivity contribution in [3.63, 3.8) is 0 Å². The number of benzene rings is 2. The molecule has 0 saturated carbocycles. The molecule has 0 saturated heterocycles. The average Bonchev–Trinajstić information content (AvgIpc) is 3.00. The number of esters is 1. The monoisotopic (exact) mass is 425 g/mol. The van der Waals surface area contributed by atoms with Crippen molar-refractivity contribution in [3.8, 4) is 11.5 Å². The highest BCUT2D eigenvalue weighted by Crippen LogP contribution is 2.30. The molecule has 31 heavy (non-hydrogen) atoms. The molecule has 1 atom stereocenters. The van der Waals surface area contributed by atoms with Crippen molar-refractivity contribution in [2.45, 2.75) is 33.2 Å². The van der Waals surface area contributed by atoms with Gasteiger partial charge < -0.3 is 19.5 Å². The zero-order valence-corrected chi connectivity index (χ0v) is 18.0. The molecule has 2 aromatic rings. The van der Waals surface area contributed by atoms with Crippen LogP contribution in [0.5, 0.6) is 11.5 Å². The van der Waals surface area contributed by atoms with Crippen molar-refractivity contribution in [2.24, 2.45) is 5.92 Å². The lowest BCUT2D eigenvalue weighted by Gasteiger charge is -2.21. The molecule has 1 aliphatic heterocycles. The van der Waals surface area contributed by atoms with Crippen LogP contribution in [-0.4, -0.2) is 43.5 Å². The van der Waals surface area contributed by atoms with Gasteiger partial charge >= 0.3 is 5.97 Å². The maximum atomic E-state index is 12.6. The fourth-order valence-electron chi connectivity index (χ4n) is 3.07. The van der Waals surface area contributed by atoms with Crippen molar-refractivity contribution >= 4 is 17.7 Å². The largest absolute Gasteiger partial charge is 0.490 e. The van der Waals surface area contributed by atoms with Gasteiger partial charge in [0.05, 0.1) is 13.2 Å². The summed E-state index contributed by atoms with van der Waals surface area (Å²) in [5.74, 6) is -0.515. The summed E-state index contributed by atoms with van der Waals surface area (Å²) in [6.07, 6.45) is 0.764. The molecule has 7 heteroatoms.